The summed E-state index contributed by atoms with van der Waals surface area (Å²) >= 11 is 0. The molecule has 1 heterocycles. The highest BCUT2D eigenvalue weighted by Crippen LogP contribution is 2.31. The van der Waals surface area contributed by atoms with E-state index in [2.05, 4.69) is 10.2 Å². The number of methoxy groups -OCH3 is 2. The van der Waals surface area contributed by atoms with Gasteiger partial charge in [-0.05, 0) is 25.1 Å². The van der Waals surface area contributed by atoms with Crippen molar-refractivity contribution in [3.63, 3.8) is 0 Å². The molecule has 112 valence electrons. The Balaban J connectivity index is 2.30. The zero-order valence-electron chi connectivity index (χ0n) is 12.2. The van der Waals surface area contributed by atoms with Crippen LogP contribution >= 0.6 is 0 Å². The van der Waals surface area contributed by atoms with E-state index < -0.39 is 0 Å². The molecule has 0 saturated heterocycles. The average molecular weight is 291 g/mol. The van der Waals surface area contributed by atoms with Gasteiger partial charge in [0.15, 0.2) is 17.3 Å². The molecule has 0 aliphatic heterocycles. The minimum atomic E-state index is -0.334. The van der Waals surface area contributed by atoms with Crippen LogP contribution in [0.3, 0.4) is 0 Å². The second kappa shape index (κ2) is 6.74. The molecule has 0 radical (unpaired) electrons. The second-order valence-electron chi connectivity index (χ2n) is 4.16. The van der Waals surface area contributed by atoms with Crippen molar-refractivity contribution in [2.24, 2.45) is 0 Å². The van der Waals surface area contributed by atoms with Crippen LogP contribution < -0.4 is 9.47 Å². The minimum Gasteiger partial charge on any atom is -0.493 e. The molecule has 7 nitrogen and oxygen atoms in total. The summed E-state index contributed by atoms with van der Waals surface area (Å²) in [6.07, 6.45) is 1.49. The largest absolute Gasteiger partial charge is 0.493 e. The highest BCUT2D eigenvalue weighted by atomic mass is 16.5. The van der Waals surface area contributed by atoms with Crippen LogP contribution in [0.2, 0.25) is 0 Å². The summed E-state index contributed by atoms with van der Waals surface area (Å²) < 4.78 is 17.0. The van der Waals surface area contributed by atoms with Crippen LogP contribution in [0.25, 0.3) is 11.4 Å². The lowest BCUT2D eigenvalue weighted by molar-refractivity contribution is -0.143. The van der Waals surface area contributed by atoms with Gasteiger partial charge >= 0.3 is 5.97 Å². The van der Waals surface area contributed by atoms with Crippen molar-refractivity contribution in [2.45, 2.75) is 13.5 Å². The lowest BCUT2D eigenvalue weighted by Crippen LogP contribution is -2.13. The quantitative estimate of drug-likeness (QED) is 0.751. The van der Waals surface area contributed by atoms with Crippen LogP contribution in [0, 0.1) is 0 Å². The maximum absolute atomic E-state index is 11.6. The third kappa shape index (κ3) is 3.31. The molecule has 0 amide bonds. The van der Waals surface area contributed by atoms with E-state index in [0.29, 0.717) is 23.9 Å². The molecule has 0 unspecified atom stereocenters. The number of carbonyl (C=O) groups excluding carboxylic acids is 1. The van der Waals surface area contributed by atoms with E-state index in [0.717, 1.165) is 5.56 Å². The van der Waals surface area contributed by atoms with Crippen LogP contribution in [-0.2, 0) is 16.1 Å². The SMILES string of the molecule is CCOC(=O)Cn1cnnc1-c1ccc(OC)c(OC)c1. The van der Waals surface area contributed by atoms with E-state index >= 15 is 0 Å². The topological polar surface area (TPSA) is 75.5 Å². The molecule has 0 atom stereocenters. The molecular weight excluding hydrogens is 274 g/mol. The highest BCUT2D eigenvalue weighted by molar-refractivity contribution is 5.70. The molecule has 1 aromatic heterocycles. The summed E-state index contributed by atoms with van der Waals surface area (Å²) in [7, 11) is 3.13. The number of aromatic nitrogens is 3. The molecule has 2 rings (SSSR count). The second-order valence-corrected chi connectivity index (χ2v) is 4.16. The Hall–Kier alpha value is -2.57. The van der Waals surface area contributed by atoms with Gasteiger partial charge in [0.05, 0.1) is 20.8 Å². The average Bonchev–Trinajstić information content (AvgIpc) is 2.94. The number of benzene rings is 1. The fraction of sp³-hybridized carbons (Fsp3) is 0.357. The smallest absolute Gasteiger partial charge is 0.326 e. The minimum absolute atomic E-state index is 0.0600. The van der Waals surface area contributed by atoms with E-state index in [1.165, 1.54) is 6.33 Å². The Morgan fingerprint density at radius 1 is 1.24 bits per heavy atom. The summed E-state index contributed by atoms with van der Waals surface area (Å²) in [6, 6.07) is 5.38. The number of ether oxygens (including phenoxy) is 3. The number of esters is 1. The number of nitrogens with zero attached hydrogens (tertiary/aromatic N) is 3. The summed E-state index contributed by atoms with van der Waals surface area (Å²) in [5.74, 6) is 1.43. The summed E-state index contributed by atoms with van der Waals surface area (Å²) in [5.41, 5.74) is 0.773. The number of hydrogen-bond acceptors (Lipinski definition) is 6. The lowest BCUT2D eigenvalue weighted by Gasteiger charge is -2.10. The lowest BCUT2D eigenvalue weighted by atomic mass is 10.2. The number of carbonyl (C=O) groups is 1. The van der Waals surface area contributed by atoms with Crippen LogP contribution in [-0.4, -0.2) is 41.6 Å². The van der Waals surface area contributed by atoms with E-state index in [9.17, 15) is 4.79 Å². The van der Waals surface area contributed by atoms with Crippen molar-refractivity contribution in [3.05, 3.63) is 24.5 Å². The van der Waals surface area contributed by atoms with Gasteiger partial charge in [-0.15, -0.1) is 10.2 Å². The van der Waals surface area contributed by atoms with Crippen molar-refractivity contribution >= 4 is 5.97 Å². The highest BCUT2D eigenvalue weighted by Gasteiger charge is 2.13. The third-order valence-corrected chi connectivity index (χ3v) is 2.86. The summed E-state index contributed by atoms with van der Waals surface area (Å²) in [6.45, 7) is 2.16. The van der Waals surface area contributed by atoms with Crippen molar-refractivity contribution < 1.29 is 19.0 Å². The zero-order chi connectivity index (χ0) is 15.2. The van der Waals surface area contributed by atoms with Gasteiger partial charge in [-0.25, -0.2) is 0 Å². The molecule has 0 saturated carbocycles. The fourth-order valence-corrected chi connectivity index (χ4v) is 1.92. The normalized spacial score (nSPS) is 10.2. The van der Waals surface area contributed by atoms with Gasteiger partial charge < -0.3 is 18.8 Å². The maximum Gasteiger partial charge on any atom is 0.326 e. The first-order chi connectivity index (χ1) is 10.2. The molecule has 0 aliphatic carbocycles. The molecule has 7 heteroatoms. The van der Waals surface area contributed by atoms with Gasteiger partial charge in [0.1, 0.15) is 12.9 Å². The number of hydrogen-bond donors (Lipinski definition) is 0. The molecular formula is C14H17N3O4. The summed E-state index contributed by atoms with van der Waals surface area (Å²) in [5, 5.41) is 7.88. The molecule has 1 aromatic carbocycles. The van der Waals surface area contributed by atoms with Gasteiger partial charge in [0.2, 0.25) is 0 Å². The van der Waals surface area contributed by atoms with Crippen LogP contribution in [0.1, 0.15) is 6.92 Å². The van der Waals surface area contributed by atoms with E-state index in [1.54, 1.807) is 37.8 Å². The van der Waals surface area contributed by atoms with Gasteiger partial charge in [-0.1, -0.05) is 0 Å². The van der Waals surface area contributed by atoms with Crippen molar-refractivity contribution in [1.29, 1.82) is 0 Å². The van der Waals surface area contributed by atoms with Gasteiger partial charge in [0, 0.05) is 5.56 Å². The molecule has 0 spiro atoms. The molecule has 2 aromatic rings. The van der Waals surface area contributed by atoms with Gasteiger partial charge in [-0.2, -0.15) is 0 Å². The first kappa shape index (κ1) is 14.8. The molecule has 0 bridgehead atoms. The predicted molar refractivity (Wildman–Crippen MR) is 75.2 cm³/mol. The Bertz CT molecular complexity index is 624. The van der Waals surface area contributed by atoms with Crippen molar-refractivity contribution in [3.8, 4) is 22.9 Å². The standard InChI is InChI=1S/C14H17N3O4/c1-4-21-13(18)8-17-9-15-16-14(17)10-5-6-11(19-2)12(7-10)20-3/h5-7,9H,4,8H2,1-3H3. The molecule has 0 fully saturated rings. The van der Waals surface area contributed by atoms with E-state index in [4.69, 9.17) is 14.2 Å². The van der Waals surface area contributed by atoms with Gasteiger partial charge in [0.25, 0.3) is 0 Å². The van der Waals surface area contributed by atoms with Crippen molar-refractivity contribution in [1.82, 2.24) is 14.8 Å². The Labute approximate surface area is 122 Å². The Kier molecular flexibility index (Phi) is 4.76. The zero-order valence-corrected chi connectivity index (χ0v) is 12.2. The van der Waals surface area contributed by atoms with Crippen LogP contribution in [0.5, 0.6) is 11.5 Å². The summed E-state index contributed by atoms with van der Waals surface area (Å²) in [4.78, 5) is 11.6. The predicted octanol–water partition coefficient (Wildman–Crippen LogP) is 1.53. The van der Waals surface area contributed by atoms with Crippen molar-refractivity contribution in [2.75, 3.05) is 20.8 Å². The van der Waals surface area contributed by atoms with Crippen LogP contribution in [0.15, 0.2) is 24.5 Å². The van der Waals surface area contributed by atoms with E-state index in [1.807, 2.05) is 6.07 Å². The maximum atomic E-state index is 11.6. The van der Waals surface area contributed by atoms with Gasteiger partial charge in [-0.3, -0.25) is 4.79 Å². The third-order valence-electron chi connectivity index (χ3n) is 2.86. The van der Waals surface area contributed by atoms with E-state index in [-0.39, 0.29) is 12.5 Å². The molecule has 21 heavy (non-hydrogen) atoms. The fourth-order valence-electron chi connectivity index (χ4n) is 1.92. The Morgan fingerprint density at radius 2 is 2.00 bits per heavy atom. The Morgan fingerprint density at radius 3 is 2.67 bits per heavy atom. The number of rotatable bonds is 6. The first-order valence-electron chi connectivity index (χ1n) is 6.45. The molecule has 0 aliphatic rings. The monoisotopic (exact) mass is 291 g/mol. The van der Waals surface area contributed by atoms with Crippen LogP contribution in [0.4, 0.5) is 0 Å². The molecule has 0 N–H and O–H groups in total. The first-order valence-corrected chi connectivity index (χ1v) is 6.45.